The number of allylic oxidation sites excluding steroid dienone is 8. The van der Waals surface area contributed by atoms with Gasteiger partial charge in [0.25, 0.3) is 0 Å². The van der Waals surface area contributed by atoms with Gasteiger partial charge in [0.05, 0.1) is 0 Å². The zero-order chi connectivity index (χ0) is 25.4. The molecular formula is C34H60Si. The van der Waals surface area contributed by atoms with E-state index in [2.05, 4.69) is 71.1 Å². The Balaban J connectivity index is 1.57. The fourth-order valence-electron chi connectivity index (χ4n) is 6.17. The predicted molar refractivity (Wildman–Crippen MR) is 163 cm³/mol. The third-order valence-electron chi connectivity index (χ3n) is 8.41. The standard InChI is InChI=1S/C34H60Si/c1-6-7-8-9-10-11-12-13-14-15-16-17-18-19-20-22-25-30-31(33(2,3)4)26-27-32(30)35-34(5)28-23-21-24-29-34/h21,23-24,26-28,32H,6-20,22,25,29,35H2,1-5H3. The van der Waals surface area contributed by atoms with Crippen LogP contribution in [0.3, 0.4) is 0 Å². The summed E-state index contributed by atoms with van der Waals surface area (Å²) in [6, 6.07) is 0. The molecule has 0 spiro atoms. The SMILES string of the molecule is CCCCCCCCCCCCCCCCCCC1=C(C(C)(C)C)C=CC1[SiH2]C1(C)C=CC=CC1. The molecule has 0 radical (unpaired) electrons. The first kappa shape index (κ1) is 30.4. The highest BCUT2D eigenvalue weighted by atomic mass is 28.2. The predicted octanol–water partition coefficient (Wildman–Crippen LogP) is 11.2. The molecule has 2 rings (SSSR count). The molecular weight excluding hydrogens is 436 g/mol. The van der Waals surface area contributed by atoms with Crippen LogP contribution in [0.1, 0.15) is 150 Å². The summed E-state index contributed by atoms with van der Waals surface area (Å²) >= 11 is 0. The second-order valence-corrected chi connectivity index (χ2v) is 16.0. The smallest absolute Gasteiger partial charge is 0.0447 e. The minimum absolute atomic E-state index is 0.241. The van der Waals surface area contributed by atoms with Gasteiger partial charge in [-0.25, -0.2) is 0 Å². The maximum Gasteiger partial charge on any atom is 0.0447 e. The molecule has 0 heterocycles. The van der Waals surface area contributed by atoms with Crippen molar-refractivity contribution in [2.75, 3.05) is 0 Å². The number of hydrogen-bond acceptors (Lipinski definition) is 0. The molecule has 0 nitrogen and oxygen atoms in total. The van der Waals surface area contributed by atoms with Crippen molar-refractivity contribution in [3.05, 3.63) is 47.6 Å². The summed E-state index contributed by atoms with van der Waals surface area (Å²) in [4.78, 5) is 0. The van der Waals surface area contributed by atoms with Crippen LogP contribution >= 0.6 is 0 Å². The van der Waals surface area contributed by atoms with Crippen molar-refractivity contribution in [2.24, 2.45) is 5.41 Å². The molecule has 0 aliphatic heterocycles. The first-order chi connectivity index (χ1) is 16.9. The zero-order valence-corrected chi connectivity index (χ0v) is 25.9. The Labute approximate surface area is 223 Å². The van der Waals surface area contributed by atoms with Crippen LogP contribution in [-0.2, 0) is 0 Å². The monoisotopic (exact) mass is 496 g/mol. The Morgan fingerprint density at radius 2 is 1.29 bits per heavy atom. The van der Waals surface area contributed by atoms with Crippen molar-refractivity contribution in [2.45, 2.75) is 161 Å². The maximum atomic E-state index is 2.59. The van der Waals surface area contributed by atoms with E-state index in [0.29, 0.717) is 5.04 Å². The minimum Gasteiger partial charge on any atom is -0.0840 e. The molecule has 2 unspecified atom stereocenters. The molecule has 35 heavy (non-hydrogen) atoms. The van der Waals surface area contributed by atoms with Gasteiger partial charge in [0, 0.05) is 9.52 Å². The lowest BCUT2D eigenvalue weighted by Crippen LogP contribution is -2.20. The number of rotatable bonds is 19. The lowest BCUT2D eigenvalue weighted by atomic mass is 9.83. The lowest BCUT2D eigenvalue weighted by molar-refractivity contribution is 0.507. The van der Waals surface area contributed by atoms with Gasteiger partial charge < -0.3 is 0 Å². The maximum absolute atomic E-state index is 2.59. The molecule has 0 bridgehead atoms. The summed E-state index contributed by atoms with van der Waals surface area (Å²) in [5.74, 6) is 0. The summed E-state index contributed by atoms with van der Waals surface area (Å²) in [6.45, 7) is 12.0. The van der Waals surface area contributed by atoms with Crippen molar-refractivity contribution in [3.8, 4) is 0 Å². The van der Waals surface area contributed by atoms with Crippen LogP contribution < -0.4 is 0 Å². The Morgan fingerprint density at radius 3 is 1.74 bits per heavy atom. The van der Waals surface area contributed by atoms with Crippen LogP contribution in [-0.4, -0.2) is 9.52 Å². The van der Waals surface area contributed by atoms with Gasteiger partial charge in [-0.3, -0.25) is 0 Å². The van der Waals surface area contributed by atoms with E-state index in [9.17, 15) is 0 Å². The Kier molecular flexibility index (Phi) is 14.6. The molecule has 0 saturated carbocycles. The first-order valence-corrected chi connectivity index (χ1v) is 17.1. The normalized spacial score (nSPS) is 22.4. The molecule has 200 valence electrons. The molecule has 2 aliphatic carbocycles. The average Bonchev–Trinajstić information content (AvgIpc) is 3.21. The van der Waals surface area contributed by atoms with E-state index in [4.69, 9.17) is 0 Å². The quantitative estimate of drug-likeness (QED) is 0.123. The van der Waals surface area contributed by atoms with Crippen molar-refractivity contribution >= 4 is 9.52 Å². The largest absolute Gasteiger partial charge is 0.0840 e. The van der Waals surface area contributed by atoms with Crippen molar-refractivity contribution in [1.82, 2.24) is 0 Å². The van der Waals surface area contributed by atoms with E-state index >= 15 is 0 Å². The van der Waals surface area contributed by atoms with E-state index in [1.165, 1.54) is 116 Å². The van der Waals surface area contributed by atoms with E-state index in [1.54, 1.807) is 5.57 Å². The van der Waals surface area contributed by atoms with Gasteiger partial charge in [-0.2, -0.15) is 0 Å². The van der Waals surface area contributed by atoms with Crippen LogP contribution in [0.4, 0.5) is 0 Å². The van der Waals surface area contributed by atoms with Gasteiger partial charge in [-0.05, 0) is 40.8 Å². The van der Waals surface area contributed by atoms with Crippen LogP contribution in [0.2, 0.25) is 10.6 Å². The van der Waals surface area contributed by atoms with Crippen LogP contribution in [0.15, 0.2) is 47.6 Å². The highest BCUT2D eigenvalue weighted by Gasteiger charge is 2.32. The molecule has 1 heteroatoms. The van der Waals surface area contributed by atoms with E-state index in [0.717, 1.165) is 5.54 Å². The third-order valence-corrected chi connectivity index (χ3v) is 11.1. The van der Waals surface area contributed by atoms with Crippen LogP contribution in [0, 0.1) is 5.41 Å². The van der Waals surface area contributed by atoms with Gasteiger partial charge in [0.15, 0.2) is 0 Å². The highest BCUT2D eigenvalue weighted by Crippen LogP contribution is 2.46. The Bertz CT molecular complexity index is 686. The molecule has 2 aliphatic rings. The highest BCUT2D eigenvalue weighted by molar-refractivity contribution is 6.45. The molecule has 0 saturated heterocycles. The Hall–Kier alpha value is -0.823. The fraction of sp³-hybridized carbons (Fsp3) is 0.765. The second-order valence-electron chi connectivity index (χ2n) is 13.1. The van der Waals surface area contributed by atoms with E-state index < -0.39 is 0 Å². The zero-order valence-electron chi connectivity index (χ0n) is 24.5. The van der Waals surface area contributed by atoms with E-state index in [1.807, 2.05) is 5.57 Å². The summed E-state index contributed by atoms with van der Waals surface area (Å²) in [7, 11) is -0.241. The van der Waals surface area contributed by atoms with Gasteiger partial charge in [0.2, 0.25) is 0 Å². The molecule has 0 aromatic carbocycles. The van der Waals surface area contributed by atoms with Gasteiger partial charge >= 0.3 is 0 Å². The molecule has 0 N–H and O–H groups in total. The molecule has 0 amide bonds. The molecule has 0 aromatic heterocycles. The fourth-order valence-corrected chi connectivity index (χ4v) is 8.72. The Morgan fingerprint density at radius 1 is 0.771 bits per heavy atom. The van der Waals surface area contributed by atoms with Crippen LogP contribution in [0.25, 0.3) is 0 Å². The van der Waals surface area contributed by atoms with Crippen LogP contribution in [0.5, 0.6) is 0 Å². The summed E-state index contributed by atoms with van der Waals surface area (Å²) in [5.41, 5.74) is 4.54. The molecule has 0 aromatic rings. The lowest BCUT2D eigenvalue weighted by Gasteiger charge is -2.31. The second kappa shape index (κ2) is 16.8. The topological polar surface area (TPSA) is 0 Å². The molecule has 2 atom stereocenters. The summed E-state index contributed by atoms with van der Waals surface area (Å²) in [6.07, 6.45) is 40.3. The van der Waals surface area contributed by atoms with Crippen molar-refractivity contribution in [3.63, 3.8) is 0 Å². The third kappa shape index (κ3) is 12.3. The van der Waals surface area contributed by atoms with Gasteiger partial charge in [-0.15, -0.1) is 0 Å². The van der Waals surface area contributed by atoms with Gasteiger partial charge in [0.1, 0.15) is 0 Å². The van der Waals surface area contributed by atoms with E-state index in [-0.39, 0.29) is 14.9 Å². The number of unbranched alkanes of at least 4 members (excludes halogenated alkanes) is 15. The number of hydrogen-bond donors (Lipinski definition) is 0. The first-order valence-electron chi connectivity index (χ1n) is 15.6. The average molecular weight is 497 g/mol. The molecule has 0 fully saturated rings. The summed E-state index contributed by atoms with van der Waals surface area (Å²) in [5, 5.41) is 0.455. The summed E-state index contributed by atoms with van der Waals surface area (Å²) < 4.78 is 0. The van der Waals surface area contributed by atoms with Crippen molar-refractivity contribution in [1.29, 1.82) is 0 Å². The van der Waals surface area contributed by atoms with Crippen molar-refractivity contribution < 1.29 is 0 Å². The minimum atomic E-state index is -0.241. The van der Waals surface area contributed by atoms with Gasteiger partial charge in [-0.1, -0.05) is 173 Å².